The number of aliphatic hydroxyl groups excluding tert-OH is 1. The van der Waals surface area contributed by atoms with Gasteiger partial charge in [-0.2, -0.15) is 0 Å². The van der Waals surface area contributed by atoms with Gasteiger partial charge in [-0.1, -0.05) is 11.2 Å². The molecule has 0 unspecified atom stereocenters. The zero-order valence-corrected chi connectivity index (χ0v) is 12.1. The Morgan fingerprint density at radius 1 is 1.50 bits per heavy atom. The lowest BCUT2D eigenvalue weighted by Crippen LogP contribution is -2.35. The molecule has 1 aromatic carbocycles. The summed E-state index contributed by atoms with van der Waals surface area (Å²) in [4.78, 5) is 2.00. The molecule has 0 fully saturated rings. The minimum atomic E-state index is 0.0420. The lowest BCUT2D eigenvalue weighted by molar-refractivity contribution is 0.299. The Balaban J connectivity index is 3.34. The van der Waals surface area contributed by atoms with E-state index >= 15 is 0 Å². The molecule has 0 aliphatic carbocycles. The first-order valence-electron chi connectivity index (χ1n) is 5.66. The highest BCUT2D eigenvalue weighted by Crippen LogP contribution is 2.28. The summed E-state index contributed by atoms with van der Waals surface area (Å²) >= 11 is 3.40. The first-order valence-corrected chi connectivity index (χ1v) is 6.46. The van der Waals surface area contributed by atoms with Crippen molar-refractivity contribution in [3.8, 4) is 0 Å². The van der Waals surface area contributed by atoms with E-state index in [9.17, 15) is 0 Å². The van der Waals surface area contributed by atoms with Crippen LogP contribution < -0.4 is 10.6 Å². The van der Waals surface area contributed by atoms with Crippen LogP contribution >= 0.6 is 15.9 Å². The minimum Gasteiger partial charge on any atom is -0.409 e. The normalized spacial score (nSPS) is 11.9. The predicted octanol–water partition coefficient (Wildman–Crippen LogP) is 1.75. The summed E-state index contributed by atoms with van der Waals surface area (Å²) in [7, 11) is 0. The third-order valence-electron chi connectivity index (χ3n) is 2.63. The standard InChI is InChI=1S/C12H18BrN3O2/c1-8(2)16(6-7-17)10-5-3-4-9(13)11(10)12(14)15-18/h3-5,8,17-18H,6-7H2,1-2H3,(H2,14,15). The van der Waals surface area contributed by atoms with Crippen LogP contribution in [0.25, 0.3) is 0 Å². The number of halogens is 1. The second-order valence-corrected chi connectivity index (χ2v) is 4.98. The maximum Gasteiger partial charge on any atom is 0.173 e. The maximum atomic E-state index is 9.14. The van der Waals surface area contributed by atoms with Gasteiger partial charge < -0.3 is 20.9 Å². The van der Waals surface area contributed by atoms with Crippen LogP contribution in [-0.2, 0) is 0 Å². The Kier molecular flexibility index (Phi) is 5.43. The third-order valence-corrected chi connectivity index (χ3v) is 3.29. The van der Waals surface area contributed by atoms with E-state index in [0.717, 1.165) is 10.2 Å². The van der Waals surface area contributed by atoms with Crippen LogP contribution in [0, 0.1) is 0 Å². The Morgan fingerprint density at radius 2 is 2.17 bits per heavy atom. The van der Waals surface area contributed by atoms with E-state index in [2.05, 4.69) is 21.1 Å². The number of hydrogen-bond donors (Lipinski definition) is 3. The molecule has 0 saturated heterocycles. The molecule has 0 spiro atoms. The summed E-state index contributed by atoms with van der Waals surface area (Å²) < 4.78 is 0.749. The predicted molar refractivity (Wildman–Crippen MR) is 76.2 cm³/mol. The van der Waals surface area contributed by atoms with Crippen molar-refractivity contribution in [1.82, 2.24) is 0 Å². The summed E-state index contributed by atoms with van der Waals surface area (Å²) in [6.45, 7) is 4.57. The van der Waals surface area contributed by atoms with Gasteiger partial charge in [-0.25, -0.2) is 0 Å². The van der Waals surface area contributed by atoms with Gasteiger partial charge in [-0.15, -0.1) is 0 Å². The van der Waals surface area contributed by atoms with E-state index in [-0.39, 0.29) is 18.5 Å². The van der Waals surface area contributed by atoms with Crippen LogP contribution in [0.3, 0.4) is 0 Å². The molecule has 0 aliphatic rings. The van der Waals surface area contributed by atoms with Crippen LogP contribution in [0.15, 0.2) is 27.8 Å². The van der Waals surface area contributed by atoms with Crippen molar-refractivity contribution in [3.05, 3.63) is 28.2 Å². The van der Waals surface area contributed by atoms with Gasteiger partial charge in [0, 0.05) is 22.7 Å². The summed E-state index contributed by atoms with van der Waals surface area (Å²) in [6, 6.07) is 5.78. The van der Waals surface area contributed by atoms with E-state index in [1.165, 1.54) is 0 Å². The number of nitrogens with two attached hydrogens (primary N) is 1. The second kappa shape index (κ2) is 6.61. The highest BCUT2D eigenvalue weighted by Gasteiger charge is 2.18. The van der Waals surface area contributed by atoms with Gasteiger partial charge in [0.05, 0.1) is 12.2 Å². The van der Waals surface area contributed by atoms with Gasteiger partial charge in [0.15, 0.2) is 5.84 Å². The molecule has 1 aromatic rings. The quantitative estimate of drug-likeness (QED) is 0.334. The number of amidine groups is 1. The van der Waals surface area contributed by atoms with Gasteiger partial charge in [-0.3, -0.25) is 0 Å². The van der Waals surface area contributed by atoms with Crippen molar-refractivity contribution >= 4 is 27.5 Å². The van der Waals surface area contributed by atoms with E-state index in [1.807, 2.05) is 36.9 Å². The maximum absolute atomic E-state index is 9.14. The Morgan fingerprint density at radius 3 is 2.67 bits per heavy atom. The number of oxime groups is 1. The number of benzene rings is 1. The van der Waals surface area contributed by atoms with Crippen LogP contribution in [0.4, 0.5) is 5.69 Å². The van der Waals surface area contributed by atoms with Gasteiger partial charge in [0.2, 0.25) is 0 Å². The van der Waals surface area contributed by atoms with Crippen molar-refractivity contribution in [3.63, 3.8) is 0 Å². The topological polar surface area (TPSA) is 82.1 Å². The monoisotopic (exact) mass is 315 g/mol. The average Bonchev–Trinajstić information content (AvgIpc) is 2.34. The summed E-state index contributed by atoms with van der Waals surface area (Å²) in [5.74, 6) is 0.0427. The zero-order chi connectivity index (χ0) is 13.7. The molecule has 6 heteroatoms. The molecule has 5 nitrogen and oxygen atoms in total. The van der Waals surface area contributed by atoms with Crippen molar-refractivity contribution in [2.45, 2.75) is 19.9 Å². The highest BCUT2D eigenvalue weighted by atomic mass is 79.9. The molecule has 0 saturated carbocycles. The number of aliphatic hydroxyl groups is 1. The fraction of sp³-hybridized carbons (Fsp3) is 0.417. The third kappa shape index (κ3) is 3.14. The van der Waals surface area contributed by atoms with Crippen molar-refractivity contribution < 1.29 is 10.3 Å². The van der Waals surface area contributed by atoms with Gasteiger partial charge in [0.25, 0.3) is 0 Å². The molecule has 0 aromatic heterocycles. The average molecular weight is 316 g/mol. The molecule has 0 atom stereocenters. The van der Waals surface area contributed by atoms with Gasteiger partial charge >= 0.3 is 0 Å². The largest absolute Gasteiger partial charge is 0.409 e. The first-order chi connectivity index (χ1) is 8.52. The Labute approximate surface area is 115 Å². The molecule has 0 bridgehead atoms. The summed E-state index contributed by atoms with van der Waals surface area (Å²) in [5, 5.41) is 21.1. The minimum absolute atomic E-state index is 0.0420. The van der Waals surface area contributed by atoms with Gasteiger partial charge in [-0.05, 0) is 41.9 Å². The highest BCUT2D eigenvalue weighted by molar-refractivity contribution is 9.10. The van der Waals surface area contributed by atoms with Crippen LogP contribution in [0.5, 0.6) is 0 Å². The SMILES string of the molecule is CC(C)N(CCO)c1cccc(Br)c1/C(N)=N/O. The fourth-order valence-electron chi connectivity index (χ4n) is 1.82. The number of nitrogens with zero attached hydrogens (tertiary/aromatic N) is 2. The Bertz CT molecular complexity index is 435. The molecular weight excluding hydrogens is 298 g/mol. The van der Waals surface area contributed by atoms with Crippen molar-refractivity contribution in [2.24, 2.45) is 10.9 Å². The summed E-state index contributed by atoms with van der Waals surface area (Å²) in [5.41, 5.74) is 7.16. The number of rotatable bonds is 5. The molecule has 0 heterocycles. The van der Waals surface area contributed by atoms with E-state index < -0.39 is 0 Å². The molecule has 18 heavy (non-hydrogen) atoms. The number of anilines is 1. The molecule has 100 valence electrons. The van der Waals surface area contributed by atoms with Crippen molar-refractivity contribution in [1.29, 1.82) is 0 Å². The van der Waals surface area contributed by atoms with Crippen LogP contribution in [0.1, 0.15) is 19.4 Å². The van der Waals surface area contributed by atoms with Crippen LogP contribution in [0.2, 0.25) is 0 Å². The fourth-order valence-corrected chi connectivity index (χ4v) is 2.38. The molecule has 0 radical (unpaired) electrons. The lowest BCUT2D eigenvalue weighted by Gasteiger charge is -2.30. The van der Waals surface area contributed by atoms with Gasteiger partial charge in [0.1, 0.15) is 0 Å². The second-order valence-electron chi connectivity index (χ2n) is 4.13. The van der Waals surface area contributed by atoms with Crippen molar-refractivity contribution in [2.75, 3.05) is 18.1 Å². The molecule has 4 N–H and O–H groups in total. The molecule has 0 aliphatic heterocycles. The molecular formula is C12H18BrN3O2. The van der Waals surface area contributed by atoms with Crippen LogP contribution in [-0.4, -0.2) is 35.3 Å². The zero-order valence-electron chi connectivity index (χ0n) is 10.5. The Hall–Kier alpha value is -1.27. The van der Waals surface area contributed by atoms with E-state index in [4.69, 9.17) is 16.0 Å². The molecule has 0 amide bonds. The van der Waals surface area contributed by atoms with E-state index in [1.54, 1.807) is 0 Å². The lowest BCUT2D eigenvalue weighted by atomic mass is 10.1. The first kappa shape index (κ1) is 14.8. The number of hydrogen-bond acceptors (Lipinski definition) is 4. The molecule has 1 rings (SSSR count). The summed E-state index contributed by atoms with van der Waals surface area (Å²) in [6.07, 6.45) is 0. The smallest absolute Gasteiger partial charge is 0.173 e. The van der Waals surface area contributed by atoms with E-state index in [0.29, 0.717) is 12.1 Å².